The van der Waals surface area contributed by atoms with E-state index in [1.165, 1.54) is 0 Å². The van der Waals surface area contributed by atoms with Gasteiger partial charge in [0.05, 0.1) is 0 Å². The third-order valence-electron chi connectivity index (χ3n) is 6.05. The number of amides is 3. The Morgan fingerprint density at radius 2 is 1.75 bits per heavy atom. The van der Waals surface area contributed by atoms with Crippen molar-refractivity contribution in [1.82, 2.24) is 10.6 Å². The van der Waals surface area contributed by atoms with Crippen molar-refractivity contribution in [2.24, 2.45) is 11.7 Å². The maximum absolute atomic E-state index is 13.1. The summed E-state index contributed by atoms with van der Waals surface area (Å²) in [7, 11) is 0. The van der Waals surface area contributed by atoms with Crippen LogP contribution in [0.4, 0.5) is 0 Å². The molecule has 198 valence electrons. The smallest absolute Gasteiger partial charge is 0.486 e. The quantitative estimate of drug-likeness (QED) is 0.316. The molecule has 3 unspecified atom stereocenters. The van der Waals surface area contributed by atoms with Crippen molar-refractivity contribution in [3.05, 3.63) is 52.0 Å². The Hall–Kier alpha value is -3.56. The zero-order chi connectivity index (χ0) is 26.7. The average Bonchev–Trinajstić information content (AvgIpc) is 3.17. The van der Waals surface area contributed by atoms with Gasteiger partial charge in [0.15, 0.2) is 11.5 Å². The molecule has 0 aliphatic heterocycles. The second-order valence-electron chi connectivity index (χ2n) is 8.92. The zero-order valence-corrected chi connectivity index (χ0v) is 21.4. The molecule has 0 fully saturated rings. The molecule has 0 aliphatic rings. The maximum Gasteiger partial charge on any atom is 0.519 e. The molecule has 10 heteroatoms. The van der Waals surface area contributed by atoms with Gasteiger partial charge in [-0.2, -0.15) is 0 Å². The summed E-state index contributed by atoms with van der Waals surface area (Å²) in [5.41, 5.74) is 6.29. The van der Waals surface area contributed by atoms with E-state index in [0.29, 0.717) is 30.1 Å². The fourth-order valence-corrected chi connectivity index (χ4v) is 3.61. The Labute approximate surface area is 210 Å². The average molecular weight is 504 g/mol. The highest BCUT2D eigenvalue weighted by atomic mass is 16.6. The van der Waals surface area contributed by atoms with Gasteiger partial charge in [-0.1, -0.05) is 52.2 Å². The summed E-state index contributed by atoms with van der Waals surface area (Å²) in [6.45, 7) is 7.43. The highest BCUT2D eigenvalue weighted by molar-refractivity contribution is 5.91. The van der Waals surface area contributed by atoms with Crippen molar-refractivity contribution >= 4 is 17.7 Å². The zero-order valence-electron chi connectivity index (χ0n) is 21.4. The van der Waals surface area contributed by atoms with Crippen LogP contribution in [0.2, 0.25) is 0 Å². The lowest BCUT2D eigenvalue weighted by Gasteiger charge is -2.25. The Morgan fingerprint density at radius 3 is 2.31 bits per heavy atom. The number of ether oxygens (including phenoxy) is 1. The fourth-order valence-electron chi connectivity index (χ4n) is 3.61. The first-order valence-corrected chi connectivity index (χ1v) is 12.3. The molecular weight excluding hydrogens is 466 g/mol. The first-order chi connectivity index (χ1) is 17.1. The van der Waals surface area contributed by atoms with Gasteiger partial charge in [0.25, 0.3) is 0 Å². The van der Waals surface area contributed by atoms with Gasteiger partial charge in [0, 0.05) is 12.8 Å². The molecule has 36 heavy (non-hydrogen) atoms. The van der Waals surface area contributed by atoms with Crippen molar-refractivity contribution < 1.29 is 28.0 Å². The van der Waals surface area contributed by atoms with Crippen LogP contribution in [0.15, 0.2) is 37.9 Å². The second kappa shape index (κ2) is 14.1. The van der Waals surface area contributed by atoms with E-state index in [1.807, 2.05) is 20.8 Å². The topological polar surface area (TPSA) is 154 Å². The Bertz CT molecular complexity index is 1060. The van der Waals surface area contributed by atoms with Crippen LogP contribution in [0.3, 0.4) is 0 Å². The van der Waals surface area contributed by atoms with E-state index in [-0.39, 0.29) is 24.9 Å². The van der Waals surface area contributed by atoms with Crippen LogP contribution < -0.4 is 26.9 Å². The van der Waals surface area contributed by atoms with Gasteiger partial charge in [0.2, 0.25) is 17.7 Å². The van der Waals surface area contributed by atoms with Crippen LogP contribution in [-0.4, -0.2) is 29.8 Å². The molecule has 3 atom stereocenters. The number of carbonyl (C=O) groups is 3. The Kier molecular flexibility index (Phi) is 11.2. The highest BCUT2D eigenvalue weighted by Crippen LogP contribution is 2.17. The SMILES string of the molecule is CCCCCC(=O)NC(Cc1ccc(OCc2oc(=O)oc2C)cc1)C(=O)NC(C(N)=O)C(C)CC. The summed E-state index contributed by atoms with van der Waals surface area (Å²) < 4.78 is 15.4. The predicted molar refractivity (Wildman–Crippen MR) is 133 cm³/mol. The van der Waals surface area contributed by atoms with Crippen LogP contribution in [0.25, 0.3) is 0 Å². The van der Waals surface area contributed by atoms with E-state index in [2.05, 4.69) is 10.6 Å². The molecule has 10 nitrogen and oxygen atoms in total. The van der Waals surface area contributed by atoms with Gasteiger partial charge in [0.1, 0.15) is 24.4 Å². The van der Waals surface area contributed by atoms with E-state index in [9.17, 15) is 19.2 Å². The van der Waals surface area contributed by atoms with Crippen LogP contribution >= 0.6 is 0 Å². The number of nitrogens with one attached hydrogen (secondary N) is 2. The number of benzene rings is 1. The number of aryl methyl sites for hydroxylation is 1. The van der Waals surface area contributed by atoms with E-state index in [1.54, 1.807) is 31.2 Å². The van der Waals surface area contributed by atoms with E-state index in [0.717, 1.165) is 24.8 Å². The summed E-state index contributed by atoms with van der Waals surface area (Å²) in [6.07, 6.45) is 3.82. The third-order valence-corrected chi connectivity index (χ3v) is 6.05. The first-order valence-electron chi connectivity index (χ1n) is 12.3. The van der Waals surface area contributed by atoms with Crippen LogP contribution in [-0.2, 0) is 27.4 Å². The molecule has 1 aromatic heterocycles. The summed E-state index contributed by atoms with van der Waals surface area (Å²) in [5, 5.41) is 5.53. The lowest BCUT2D eigenvalue weighted by atomic mass is 9.97. The summed E-state index contributed by atoms with van der Waals surface area (Å²) in [6, 6.07) is 5.27. The largest absolute Gasteiger partial charge is 0.519 e. The molecule has 0 radical (unpaired) electrons. The van der Waals surface area contributed by atoms with E-state index in [4.69, 9.17) is 19.3 Å². The number of unbranched alkanes of at least 4 members (excludes halogenated alkanes) is 2. The Balaban J connectivity index is 2.09. The van der Waals surface area contributed by atoms with Gasteiger partial charge in [-0.05, 0) is 37.0 Å². The standard InChI is InChI=1S/C26H37N3O7/c1-5-7-8-9-22(30)28-20(25(32)29-23(24(27)31)16(3)6-2)14-18-10-12-19(13-11-18)34-15-21-17(4)35-26(33)36-21/h10-13,16,20,23H,5-9,14-15H2,1-4H3,(H2,27,31)(H,28,30)(H,29,32). The van der Waals surface area contributed by atoms with Crippen LogP contribution in [0.1, 0.15) is 70.0 Å². The van der Waals surface area contributed by atoms with Gasteiger partial charge in [-0.3, -0.25) is 14.4 Å². The highest BCUT2D eigenvalue weighted by Gasteiger charge is 2.28. The van der Waals surface area contributed by atoms with Crippen LogP contribution in [0, 0.1) is 12.8 Å². The van der Waals surface area contributed by atoms with Gasteiger partial charge < -0.3 is 29.9 Å². The summed E-state index contributed by atoms with van der Waals surface area (Å²) >= 11 is 0. The van der Waals surface area contributed by atoms with Crippen molar-refractivity contribution in [2.75, 3.05) is 0 Å². The first kappa shape index (κ1) is 28.7. The molecule has 2 rings (SSSR count). The lowest BCUT2D eigenvalue weighted by molar-refractivity contribution is -0.132. The summed E-state index contributed by atoms with van der Waals surface area (Å²) in [5.74, 6) is -1.05. The molecule has 0 aliphatic carbocycles. The minimum atomic E-state index is -0.875. The molecule has 0 spiro atoms. The number of hydrogen-bond donors (Lipinski definition) is 3. The molecule has 0 saturated carbocycles. The number of rotatable bonds is 15. The van der Waals surface area contributed by atoms with Crippen molar-refractivity contribution in [3.63, 3.8) is 0 Å². The van der Waals surface area contributed by atoms with Gasteiger partial charge in [-0.15, -0.1) is 0 Å². The second-order valence-corrected chi connectivity index (χ2v) is 8.92. The Morgan fingerprint density at radius 1 is 1.06 bits per heavy atom. The maximum atomic E-state index is 13.1. The monoisotopic (exact) mass is 503 g/mol. The minimum Gasteiger partial charge on any atom is -0.486 e. The molecular formula is C26H37N3O7. The molecule has 4 N–H and O–H groups in total. The third kappa shape index (κ3) is 8.90. The normalized spacial score (nSPS) is 13.4. The van der Waals surface area contributed by atoms with Crippen molar-refractivity contribution in [2.45, 2.75) is 84.9 Å². The summed E-state index contributed by atoms with van der Waals surface area (Å²) in [4.78, 5) is 48.7. The molecule has 0 saturated heterocycles. The molecule has 1 aromatic carbocycles. The number of nitrogens with two attached hydrogens (primary N) is 1. The van der Waals surface area contributed by atoms with Crippen molar-refractivity contribution in [3.8, 4) is 5.75 Å². The molecule has 0 bridgehead atoms. The number of hydrogen-bond acceptors (Lipinski definition) is 7. The molecule has 2 aromatic rings. The fraction of sp³-hybridized carbons (Fsp3) is 0.538. The predicted octanol–water partition coefficient (Wildman–Crippen LogP) is 2.74. The minimum absolute atomic E-state index is 0.0277. The van der Waals surface area contributed by atoms with Gasteiger partial charge >= 0.3 is 5.82 Å². The van der Waals surface area contributed by atoms with Gasteiger partial charge in [-0.25, -0.2) is 4.79 Å². The van der Waals surface area contributed by atoms with Crippen molar-refractivity contribution in [1.29, 1.82) is 0 Å². The van der Waals surface area contributed by atoms with E-state index < -0.39 is 29.7 Å². The van der Waals surface area contributed by atoms with E-state index >= 15 is 0 Å². The van der Waals surface area contributed by atoms with Crippen LogP contribution in [0.5, 0.6) is 5.75 Å². The molecule has 1 heterocycles. The lowest BCUT2D eigenvalue weighted by Crippen LogP contribution is -2.55. The molecule has 3 amide bonds. The number of carbonyl (C=O) groups excluding carboxylic acids is 3. The number of primary amides is 1.